The number of H-pyrrole nitrogens is 1. The van der Waals surface area contributed by atoms with Crippen molar-refractivity contribution in [3.05, 3.63) is 59.9 Å². The fourth-order valence-electron chi connectivity index (χ4n) is 2.48. The Morgan fingerprint density at radius 1 is 1.24 bits per heavy atom. The SMILES string of the molecule is O=C(Nc1nc(-c2ncnc3[nH]ccc23)cs1)C(O)c1ccccc1.[HH].[HH]. The summed E-state index contributed by atoms with van der Waals surface area (Å²) in [5.74, 6) is -0.526. The number of thiazole rings is 1. The number of carbonyl (C=O) groups is 1. The van der Waals surface area contributed by atoms with E-state index in [-0.39, 0.29) is 2.85 Å². The van der Waals surface area contributed by atoms with Crippen LogP contribution in [0.15, 0.2) is 54.3 Å². The van der Waals surface area contributed by atoms with E-state index in [1.807, 2.05) is 12.1 Å². The minimum absolute atomic E-state index is 0. The van der Waals surface area contributed by atoms with Crippen molar-refractivity contribution in [1.29, 1.82) is 0 Å². The number of aliphatic hydroxyl groups is 1. The predicted molar refractivity (Wildman–Crippen MR) is 99.3 cm³/mol. The molecular formula is C17H17N5O2S. The molecule has 4 aromatic rings. The molecule has 0 aliphatic carbocycles. The van der Waals surface area contributed by atoms with Crippen LogP contribution in [-0.4, -0.2) is 30.9 Å². The molecule has 128 valence electrons. The van der Waals surface area contributed by atoms with Crippen molar-refractivity contribution in [2.45, 2.75) is 6.10 Å². The molecule has 1 unspecified atom stereocenters. The molecule has 3 N–H and O–H groups in total. The van der Waals surface area contributed by atoms with E-state index in [2.05, 4.69) is 25.3 Å². The zero-order chi connectivity index (χ0) is 17.2. The van der Waals surface area contributed by atoms with E-state index in [9.17, 15) is 9.90 Å². The van der Waals surface area contributed by atoms with E-state index in [1.54, 1.807) is 35.8 Å². The van der Waals surface area contributed by atoms with Crippen LogP contribution in [0.5, 0.6) is 0 Å². The van der Waals surface area contributed by atoms with Gasteiger partial charge in [0, 0.05) is 19.8 Å². The maximum Gasteiger partial charge on any atom is 0.259 e. The van der Waals surface area contributed by atoms with Crippen molar-refractivity contribution in [3.8, 4) is 11.4 Å². The molecule has 0 saturated heterocycles. The number of aromatic nitrogens is 4. The molecule has 3 heterocycles. The lowest BCUT2D eigenvalue weighted by Crippen LogP contribution is -2.20. The van der Waals surface area contributed by atoms with Crippen molar-refractivity contribution >= 4 is 33.4 Å². The van der Waals surface area contributed by atoms with Gasteiger partial charge < -0.3 is 10.1 Å². The van der Waals surface area contributed by atoms with Crippen molar-refractivity contribution in [2.75, 3.05) is 5.32 Å². The number of hydrogen-bond acceptors (Lipinski definition) is 6. The van der Waals surface area contributed by atoms with Crippen molar-refractivity contribution in [1.82, 2.24) is 19.9 Å². The van der Waals surface area contributed by atoms with E-state index in [1.165, 1.54) is 17.7 Å². The average molecular weight is 355 g/mol. The van der Waals surface area contributed by atoms with Gasteiger partial charge in [-0.05, 0) is 11.6 Å². The quantitative estimate of drug-likeness (QED) is 0.521. The Labute approximate surface area is 149 Å². The molecule has 0 spiro atoms. The largest absolute Gasteiger partial charge is 0.378 e. The van der Waals surface area contributed by atoms with E-state index >= 15 is 0 Å². The number of benzene rings is 1. The summed E-state index contributed by atoms with van der Waals surface area (Å²) in [5.41, 5.74) is 2.58. The van der Waals surface area contributed by atoms with Crippen molar-refractivity contribution in [2.24, 2.45) is 0 Å². The molecule has 0 saturated carbocycles. The van der Waals surface area contributed by atoms with Gasteiger partial charge in [0.1, 0.15) is 23.4 Å². The second kappa shape index (κ2) is 6.42. The van der Waals surface area contributed by atoms with Gasteiger partial charge in [0.05, 0.1) is 0 Å². The zero-order valence-corrected chi connectivity index (χ0v) is 13.7. The highest BCUT2D eigenvalue weighted by molar-refractivity contribution is 7.14. The van der Waals surface area contributed by atoms with E-state index in [0.29, 0.717) is 22.1 Å². The summed E-state index contributed by atoms with van der Waals surface area (Å²) < 4.78 is 0. The Balaban J connectivity index is 0.00000131. The molecule has 25 heavy (non-hydrogen) atoms. The third-order valence-electron chi connectivity index (χ3n) is 3.69. The molecule has 3 aromatic heterocycles. The number of carbonyl (C=O) groups excluding carboxylic acids is 1. The summed E-state index contributed by atoms with van der Waals surface area (Å²) in [6.45, 7) is 0. The number of aromatic amines is 1. The van der Waals surface area contributed by atoms with Crippen molar-refractivity contribution in [3.63, 3.8) is 0 Å². The highest BCUT2D eigenvalue weighted by Crippen LogP contribution is 2.28. The maximum absolute atomic E-state index is 12.2. The predicted octanol–water partition coefficient (Wildman–Crippen LogP) is 3.25. The molecule has 1 atom stereocenters. The minimum Gasteiger partial charge on any atom is -0.378 e. The zero-order valence-electron chi connectivity index (χ0n) is 12.9. The topological polar surface area (TPSA) is 104 Å². The fraction of sp³-hybridized carbons (Fsp3) is 0.0588. The molecule has 4 rings (SSSR count). The lowest BCUT2D eigenvalue weighted by Gasteiger charge is -2.09. The third kappa shape index (κ3) is 3.00. The van der Waals surface area contributed by atoms with Gasteiger partial charge in [0.25, 0.3) is 5.91 Å². The van der Waals surface area contributed by atoms with Gasteiger partial charge in [-0.25, -0.2) is 15.0 Å². The number of fused-ring (bicyclic) bond motifs is 1. The van der Waals surface area contributed by atoms with Gasteiger partial charge in [-0.1, -0.05) is 30.3 Å². The summed E-state index contributed by atoms with van der Waals surface area (Å²) in [7, 11) is 0. The minimum atomic E-state index is -1.25. The summed E-state index contributed by atoms with van der Waals surface area (Å²) >= 11 is 1.27. The number of rotatable bonds is 4. The Hall–Kier alpha value is -3.10. The fourth-order valence-corrected chi connectivity index (χ4v) is 3.18. The monoisotopic (exact) mass is 355 g/mol. The Morgan fingerprint density at radius 2 is 2.08 bits per heavy atom. The number of anilines is 1. The van der Waals surface area contributed by atoms with Crippen LogP contribution in [0.25, 0.3) is 22.4 Å². The van der Waals surface area contributed by atoms with E-state index in [4.69, 9.17) is 0 Å². The highest BCUT2D eigenvalue weighted by atomic mass is 32.1. The molecule has 7 nitrogen and oxygen atoms in total. The first-order valence-electron chi connectivity index (χ1n) is 7.50. The lowest BCUT2D eigenvalue weighted by molar-refractivity contribution is -0.124. The number of nitrogens with zero attached hydrogens (tertiary/aromatic N) is 3. The van der Waals surface area contributed by atoms with Crippen LogP contribution in [0.4, 0.5) is 5.13 Å². The number of aliphatic hydroxyl groups excluding tert-OH is 1. The first-order valence-corrected chi connectivity index (χ1v) is 8.38. The molecule has 0 aliphatic heterocycles. The third-order valence-corrected chi connectivity index (χ3v) is 4.45. The smallest absolute Gasteiger partial charge is 0.259 e. The van der Waals surface area contributed by atoms with Crippen LogP contribution in [0.2, 0.25) is 0 Å². The maximum atomic E-state index is 12.2. The van der Waals surface area contributed by atoms with Gasteiger partial charge in [-0.3, -0.25) is 10.1 Å². The van der Waals surface area contributed by atoms with Crippen molar-refractivity contribution < 1.29 is 12.8 Å². The standard InChI is InChI=1S/C17H13N5O2S.2H2/c23-14(10-4-2-1-3-5-10)16(24)22-17-21-12(8-25-17)13-11-6-7-18-15(11)20-9-19-13;;/h1-9,14,23H,(H,18,19,20)(H,21,22,24);2*1H. The molecule has 1 amide bonds. The van der Waals surface area contributed by atoms with Crippen LogP contribution in [0.3, 0.4) is 0 Å². The molecular weight excluding hydrogens is 338 g/mol. The van der Waals surface area contributed by atoms with Crippen LogP contribution in [0.1, 0.15) is 14.5 Å². The van der Waals surface area contributed by atoms with E-state index in [0.717, 1.165) is 11.0 Å². The molecule has 0 aliphatic rings. The van der Waals surface area contributed by atoms with Gasteiger partial charge in [-0.2, -0.15) is 0 Å². The summed E-state index contributed by atoms with van der Waals surface area (Å²) in [4.78, 5) is 28.0. The first kappa shape index (κ1) is 15.4. The molecule has 0 fully saturated rings. The Kier molecular flexibility index (Phi) is 3.96. The summed E-state index contributed by atoms with van der Waals surface area (Å²) in [5, 5.41) is 15.8. The molecule has 0 bridgehead atoms. The summed E-state index contributed by atoms with van der Waals surface area (Å²) in [6, 6.07) is 10.6. The normalized spacial score (nSPS) is 12.2. The van der Waals surface area contributed by atoms with Crippen LogP contribution < -0.4 is 5.32 Å². The Bertz CT molecular complexity index is 1040. The van der Waals surface area contributed by atoms with Gasteiger partial charge in [-0.15, -0.1) is 11.3 Å². The Morgan fingerprint density at radius 3 is 2.92 bits per heavy atom. The van der Waals surface area contributed by atoms with Crippen LogP contribution in [0, 0.1) is 0 Å². The highest BCUT2D eigenvalue weighted by Gasteiger charge is 2.19. The molecule has 1 aromatic carbocycles. The van der Waals surface area contributed by atoms with Gasteiger partial charge >= 0.3 is 0 Å². The second-order valence-corrected chi connectivity index (χ2v) is 6.16. The summed E-state index contributed by atoms with van der Waals surface area (Å²) in [6.07, 6.45) is 2.00. The first-order chi connectivity index (χ1) is 12.2. The van der Waals surface area contributed by atoms with Gasteiger partial charge in [0.2, 0.25) is 0 Å². The van der Waals surface area contributed by atoms with E-state index < -0.39 is 12.0 Å². The number of hydrogen-bond donors (Lipinski definition) is 3. The average Bonchev–Trinajstić information content (AvgIpc) is 3.30. The van der Waals surface area contributed by atoms with Crippen LogP contribution >= 0.6 is 11.3 Å². The number of nitrogens with one attached hydrogen (secondary N) is 2. The lowest BCUT2D eigenvalue weighted by atomic mass is 10.1. The van der Waals surface area contributed by atoms with Gasteiger partial charge in [0.15, 0.2) is 11.2 Å². The number of amides is 1. The molecule has 8 heteroatoms. The molecule has 0 radical (unpaired) electrons. The second-order valence-electron chi connectivity index (χ2n) is 5.30. The van der Waals surface area contributed by atoms with Crippen LogP contribution in [-0.2, 0) is 4.79 Å².